The maximum atomic E-state index is 13.9. The molecule has 1 aliphatic carbocycles. The van der Waals surface area contributed by atoms with Gasteiger partial charge in [0.15, 0.2) is 5.82 Å². The quantitative estimate of drug-likeness (QED) is 0.486. The van der Waals surface area contributed by atoms with Gasteiger partial charge in [0.05, 0.1) is 5.69 Å². The molecular weight excluding hydrogens is 410 g/mol. The molecule has 5 rings (SSSR count). The summed E-state index contributed by atoms with van der Waals surface area (Å²) < 4.78 is 27.8. The van der Waals surface area contributed by atoms with Gasteiger partial charge in [-0.1, -0.05) is 12.1 Å². The normalized spacial score (nSPS) is 12.4. The van der Waals surface area contributed by atoms with Crippen molar-refractivity contribution in [1.82, 2.24) is 15.0 Å². The van der Waals surface area contributed by atoms with E-state index in [0.717, 1.165) is 59.3 Å². The first-order chi connectivity index (χ1) is 15.6. The molecule has 0 aliphatic heterocycles. The Labute approximate surface area is 183 Å². The van der Waals surface area contributed by atoms with E-state index in [1.807, 2.05) is 24.4 Å². The van der Waals surface area contributed by atoms with Crippen molar-refractivity contribution in [2.75, 3.05) is 5.32 Å². The fourth-order valence-corrected chi connectivity index (χ4v) is 3.90. The topological polar surface area (TPSA) is 67.8 Å². The van der Waals surface area contributed by atoms with E-state index in [9.17, 15) is 13.6 Å². The monoisotopic (exact) mass is 428 g/mol. The van der Waals surface area contributed by atoms with Crippen LogP contribution in [0, 0.1) is 11.6 Å². The van der Waals surface area contributed by atoms with Crippen molar-refractivity contribution in [2.45, 2.75) is 19.3 Å². The Bertz CT molecular complexity index is 1300. The standard InChI is InChI=1S/C25H18F2N4O/c26-20-7-2-8-21(27)23(20)31-25(32)16-9-10-19-15(12-16)4-1-5-17-14-29-24(30-22(17)19)18-6-3-11-28-13-18/h2-3,6-14H,1,4-5H2,(H,31,32). The molecule has 1 N–H and O–H groups in total. The maximum absolute atomic E-state index is 13.9. The third-order valence-electron chi connectivity index (χ3n) is 5.50. The third kappa shape index (κ3) is 3.73. The molecule has 0 unspecified atom stereocenters. The van der Waals surface area contributed by atoms with E-state index in [0.29, 0.717) is 11.4 Å². The second-order valence-corrected chi connectivity index (χ2v) is 7.59. The molecule has 0 spiro atoms. The first-order valence-electron chi connectivity index (χ1n) is 10.2. The van der Waals surface area contributed by atoms with Crippen LogP contribution in [0.3, 0.4) is 0 Å². The van der Waals surface area contributed by atoms with Crippen molar-refractivity contribution in [3.05, 3.63) is 95.4 Å². The molecule has 2 aromatic carbocycles. The maximum Gasteiger partial charge on any atom is 0.255 e. The SMILES string of the molecule is O=C(Nc1c(F)cccc1F)c1ccc2c(c1)CCCc1cnc(-c3cccnc3)nc1-2. The van der Waals surface area contributed by atoms with Crippen molar-refractivity contribution >= 4 is 11.6 Å². The second kappa shape index (κ2) is 8.26. The molecule has 0 saturated heterocycles. The highest BCUT2D eigenvalue weighted by molar-refractivity contribution is 6.05. The van der Waals surface area contributed by atoms with Crippen LogP contribution < -0.4 is 5.32 Å². The molecule has 2 aromatic heterocycles. The average Bonchev–Trinajstić information content (AvgIpc) is 3.00. The number of nitrogens with zero attached hydrogens (tertiary/aromatic N) is 3. The lowest BCUT2D eigenvalue weighted by atomic mass is 9.98. The number of fused-ring (bicyclic) bond motifs is 3. The van der Waals surface area contributed by atoms with Crippen LogP contribution in [0.5, 0.6) is 0 Å². The lowest BCUT2D eigenvalue weighted by Crippen LogP contribution is -2.14. The summed E-state index contributed by atoms with van der Waals surface area (Å²) in [7, 11) is 0. The van der Waals surface area contributed by atoms with Gasteiger partial charge in [0.2, 0.25) is 0 Å². The average molecular weight is 428 g/mol. The molecule has 4 aromatic rings. The minimum Gasteiger partial charge on any atom is -0.317 e. The Morgan fingerprint density at radius 2 is 1.75 bits per heavy atom. The van der Waals surface area contributed by atoms with Crippen LogP contribution in [0.25, 0.3) is 22.6 Å². The fourth-order valence-electron chi connectivity index (χ4n) is 3.90. The number of aromatic nitrogens is 3. The van der Waals surface area contributed by atoms with E-state index in [1.165, 1.54) is 6.07 Å². The summed E-state index contributed by atoms with van der Waals surface area (Å²) in [6.07, 6.45) is 7.71. The minimum atomic E-state index is -0.818. The van der Waals surface area contributed by atoms with E-state index < -0.39 is 23.2 Å². The van der Waals surface area contributed by atoms with Crippen LogP contribution in [0.15, 0.2) is 67.1 Å². The second-order valence-electron chi connectivity index (χ2n) is 7.59. The van der Waals surface area contributed by atoms with E-state index in [1.54, 1.807) is 24.5 Å². The van der Waals surface area contributed by atoms with Crippen LogP contribution in [0.4, 0.5) is 14.5 Å². The number of carbonyl (C=O) groups is 1. The summed E-state index contributed by atoms with van der Waals surface area (Å²) in [6, 6.07) is 12.5. The molecule has 1 aliphatic rings. The molecule has 5 nitrogen and oxygen atoms in total. The molecule has 0 saturated carbocycles. The van der Waals surface area contributed by atoms with E-state index >= 15 is 0 Å². The highest BCUT2D eigenvalue weighted by Crippen LogP contribution is 2.33. The Kier molecular flexibility index (Phi) is 5.15. The Morgan fingerprint density at radius 1 is 0.938 bits per heavy atom. The van der Waals surface area contributed by atoms with Crippen LogP contribution >= 0.6 is 0 Å². The number of para-hydroxylation sites is 1. The first-order valence-corrected chi connectivity index (χ1v) is 10.2. The van der Waals surface area contributed by atoms with Crippen molar-refractivity contribution in [3.63, 3.8) is 0 Å². The molecule has 158 valence electrons. The van der Waals surface area contributed by atoms with Gasteiger partial charge in [0, 0.05) is 35.3 Å². The molecular formula is C25H18F2N4O. The van der Waals surface area contributed by atoms with Gasteiger partial charge in [-0.05, 0) is 66.8 Å². The zero-order chi connectivity index (χ0) is 22.1. The fraction of sp³-hybridized carbons (Fsp3) is 0.120. The highest BCUT2D eigenvalue weighted by atomic mass is 19.1. The van der Waals surface area contributed by atoms with Crippen LogP contribution in [0.1, 0.15) is 27.9 Å². The smallest absolute Gasteiger partial charge is 0.255 e. The third-order valence-corrected chi connectivity index (χ3v) is 5.50. The van der Waals surface area contributed by atoms with Crippen LogP contribution in [-0.4, -0.2) is 20.9 Å². The van der Waals surface area contributed by atoms with Gasteiger partial charge >= 0.3 is 0 Å². The van der Waals surface area contributed by atoms with Crippen molar-refractivity contribution in [2.24, 2.45) is 0 Å². The number of anilines is 1. The molecule has 32 heavy (non-hydrogen) atoms. The van der Waals surface area contributed by atoms with Gasteiger partial charge in [-0.3, -0.25) is 9.78 Å². The lowest BCUT2D eigenvalue weighted by molar-refractivity contribution is 0.102. The zero-order valence-corrected chi connectivity index (χ0v) is 17.0. The zero-order valence-electron chi connectivity index (χ0n) is 17.0. The van der Waals surface area contributed by atoms with Gasteiger partial charge in [-0.2, -0.15) is 0 Å². The summed E-state index contributed by atoms with van der Waals surface area (Å²) in [5, 5.41) is 2.35. The molecule has 1 amide bonds. The summed E-state index contributed by atoms with van der Waals surface area (Å²) >= 11 is 0. The Hall–Kier alpha value is -4.00. The van der Waals surface area contributed by atoms with Gasteiger partial charge in [0.1, 0.15) is 17.3 Å². The van der Waals surface area contributed by atoms with E-state index in [2.05, 4.69) is 15.3 Å². The number of nitrogens with one attached hydrogen (secondary N) is 1. The number of halogens is 2. The van der Waals surface area contributed by atoms with Crippen molar-refractivity contribution in [1.29, 1.82) is 0 Å². The number of carbonyl (C=O) groups excluding carboxylic acids is 1. The lowest BCUT2D eigenvalue weighted by Gasteiger charge is -2.12. The van der Waals surface area contributed by atoms with Crippen LogP contribution in [-0.2, 0) is 12.8 Å². The summed E-state index contributed by atoms with van der Waals surface area (Å²) in [6.45, 7) is 0. The summed E-state index contributed by atoms with van der Waals surface area (Å²) in [4.78, 5) is 26.1. The van der Waals surface area contributed by atoms with Crippen molar-refractivity contribution in [3.8, 4) is 22.6 Å². The summed E-state index contributed by atoms with van der Waals surface area (Å²) in [5.74, 6) is -1.62. The number of pyridine rings is 1. The van der Waals surface area contributed by atoms with E-state index in [4.69, 9.17) is 4.98 Å². The number of amides is 1. The Morgan fingerprint density at radius 3 is 2.53 bits per heavy atom. The number of hydrogen-bond acceptors (Lipinski definition) is 4. The number of rotatable bonds is 3. The van der Waals surface area contributed by atoms with E-state index in [-0.39, 0.29) is 0 Å². The van der Waals surface area contributed by atoms with Crippen molar-refractivity contribution < 1.29 is 13.6 Å². The number of aryl methyl sites for hydroxylation is 2. The van der Waals surface area contributed by atoms with Gasteiger partial charge in [-0.25, -0.2) is 18.7 Å². The summed E-state index contributed by atoms with van der Waals surface area (Å²) in [5.41, 5.74) is 4.47. The molecule has 0 fully saturated rings. The molecule has 7 heteroatoms. The van der Waals surface area contributed by atoms with Gasteiger partial charge in [-0.15, -0.1) is 0 Å². The molecule has 0 atom stereocenters. The number of hydrogen-bond donors (Lipinski definition) is 1. The predicted octanol–water partition coefficient (Wildman–Crippen LogP) is 5.22. The Balaban J connectivity index is 1.51. The number of benzene rings is 2. The molecule has 0 bridgehead atoms. The highest BCUT2D eigenvalue weighted by Gasteiger charge is 2.20. The van der Waals surface area contributed by atoms with Crippen LogP contribution in [0.2, 0.25) is 0 Å². The first kappa shape index (κ1) is 19.9. The van der Waals surface area contributed by atoms with Gasteiger partial charge < -0.3 is 5.32 Å². The molecule has 0 radical (unpaired) electrons. The minimum absolute atomic E-state index is 0.330. The molecule has 2 heterocycles. The predicted molar refractivity (Wildman–Crippen MR) is 117 cm³/mol. The largest absolute Gasteiger partial charge is 0.317 e. The van der Waals surface area contributed by atoms with Gasteiger partial charge in [0.25, 0.3) is 5.91 Å².